The highest BCUT2D eigenvalue weighted by molar-refractivity contribution is 8.76. The van der Waals surface area contributed by atoms with E-state index in [9.17, 15) is 9.59 Å². The summed E-state index contributed by atoms with van der Waals surface area (Å²) in [6, 6.07) is 0. The van der Waals surface area contributed by atoms with E-state index in [4.69, 9.17) is 14.6 Å². The van der Waals surface area contributed by atoms with Crippen LogP contribution in [0.4, 0.5) is 0 Å². The van der Waals surface area contributed by atoms with E-state index >= 15 is 0 Å². The summed E-state index contributed by atoms with van der Waals surface area (Å²) in [7, 11) is 4.62. The molecule has 0 saturated heterocycles. The molecule has 0 radical (unpaired) electrons. The van der Waals surface area contributed by atoms with Gasteiger partial charge in [0.1, 0.15) is 0 Å². The van der Waals surface area contributed by atoms with Crippen LogP contribution in [0.25, 0.3) is 0 Å². The van der Waals surface area contributed by atoms with E-state index in [0.29, 0.717) is 31.1 Å². The second-order valence-electron chi connectivity index (χ2n) is 3.46. The molecule has 0 aliphatic carbocycles. The lowest BCUT2D eigenvalue weighted by Crippen LogP contribution is -2.07. The van der Waals surface area contributed by atoms with Gasteiger partial charge in [-0.15, -0.1) is 0 Å². The van der Waals surface area contributed by atoms with Gasteiger partial charge in [0.05, 0.1) is 19.4 Å². The van der Waals surface area contributed by atoms with Gasteiger partial charge in [0.15, 0.2) is 0 Å². The van der Waals surface area contributed by atoms with Crippen LogP contribution in [0.2, 0.25) is 0 Å². The zero-order chi connectivity index (χ0) is 13.6. The zero-order valence-corrected chi connectivity index (χ0v) is 12.2. The number of carbonyl (C=O) groups is 2. The van der Waals surface area contributed by atoms with E-state index in [1.54, 1.807) is 7.11 Å². The topological polar surface area (TPSA) is 72.8 Å². The molecule has 0 heterocycles. The number of carbonyl (C=O) groups excluding carboxylic acids is 1. The van der Waals surface area contributed by atoms with Gasteiger partial charge < -0.3 is 14.6 Å². The molecule has 0 rings (SSSR count). The number of carboxylic acid groups (broad SMARTS) is 1. The van der Waals surface area contributed by atoms with E-state index in [1.807, 2.05) is 0 Å². The summed E-state index contributed by atoms with van der Waals surface area (Å²) in [5.74, 6) is 0.227. The van der Waals surface area contributed by atoms with E-state index in [-0.39, 0.29) is 12.4 Å². The molecule has 5 nitrogen and oxygen atoms in total. The molecule has 106 valence electrons. The molecule has 0 spiro atoms. The molecule has 0 amide bonds. The Labute approximate surface area is 115 Å². The summed E-state index contributed by atoms with van der Waals surface area (Å²) in [5, 5.41) is 8.41. The van der Waals surface area contributed by atoms with Crippen molar-refractivity contribution in [2.75, 3.05) is 31.8 Å². The lowest BCUT2D eigenvalue weighted by atomic mass is 10.3. The van der Waals surface area contributed by atoms with Crippen molar-refractivity contribution in [1.82, 2.24) is 0 Å². The summed E-state index contributed by atoms with van der Waals surface area (Å²) in [6.07, 6.45) is 2.24. The van der Waals surface area contributed by atoms with Crippen LogP contribution in [0, 0.1) is 0 Å². The number of hydrogen-bond donors (Lipinski definition) is 1. The third kappa shape index (κ3) is 13.7. The normalized spacial score (nSPS) is 10.3. The number of unbranched alkanes of at least 4 members (excludes halogenated alkanes) is 1. The molecule has 0 aromatic heterocycles. The van der Waals surface area contributed by atoms with E-state index < -0.39 is 5.97 Å². The summed E-state index contributed by atoms with van der Waals surface area (Å²) < 4.78 is 9.90. The van der Waals surface area contributed by atoms with E-state index in [0.717, 1.165) is 12.8 Å². The fraction of sp³-hybridized carbons (Fsp3) is 0.818. The van der Waals surface area contributed by atoms with Crippen molar-refractivity contribution in [1.29, 1.82) is 0 Å². The van der Waals surface area contributed by atoms with Gasteiger partial charge in [-0.05, 0) is 12.8 Å². The van der Waals surface area contributed by atoms with Gasteiger partial charge >= 0.3 is 11.9 Å². The Morgan fingerprint density at radius 3 is 2.28 bits per heavy atom. The van der Waals surface area contributed by atoms with Gasteiger partial charge in [-0.1, -0.05) is 21.6 Å². The molecule has 0 fully saturated rings. The first-order valence-corrected chi connectivity index (χ1v) is 8.26. The number of hydrogen-bond acceptors (Lipinski definition) is 6. The monoisotopic (exact) mass is 296 g/mol. The standard InChI is InChI=1S/C11H20O5S2/c1-15-6-2-3-7-16-11(14)5-9-18-17-8-4-10(12)13/h2-9H2,1H3,(H,12,13). The molecule has 0 aliphatic rings. The first-order valence-electron chi connectivity index (χ1n) is 5.77. The summed E-state index contributed by atoms with van der Waals surface area (Å²) in [5.41, 5.74) is 0. The highest BCUT2D eigenvalue weighted by Gasteiger charge is 2.03. The largest absolute Gasteiger partial charge is 0.481 e. The number of carboxylic acids is 1. The van der Waals surface area contributed by atoms with Gasteiger partial charge in [0.2, 0.25) is 0 Å². The maximum absolute atomic E-state index is 11.2. The van der Waals surface area contributed by atoms with Crippen LogP contribution in [0.15, 0.2) is 0 Å². The third-order valence-electron chi connectivity index (χ3n) is 1.88. The Morgan fingerprint density at radius 1 is 1.06 bits per heavy atom. The Bertz CT molecular complexity index is 235. The molecular formula is C11H20O5S2. The average molecular weight is 296 g/mol. The summed E-state index contributed by atoms with van der Waals surface area (Å²) in [4.78, 5) is 21.5. The van der Waals surface area contributed by atoms with Crippen LogP contribution in [-0.4, -0.2) is 48.9 Å². The Hall–Kier alpha value is -0.400. The SMILES string of the molecule is COCCCCOC(=O)CCSSCCC(=O)O. The van der Waals surface area contributed by atoms with Gasteiger partial charge in [-0.3, -0.25) is 9.59 Å². The molecular weight excluding hydrogens is 276 g/mol. The second-order valence-corrected chi connectivity index (χ2v) is 6.16. The predicted molar refractivity (Wildman–Crippen MR) is 73.9 cm³/mol. The predicted octanol–water partition coefficient (Wildman–Crippen LogP) is 2.20. The molecule has 7 heteroatoms. The molecule has 0 aromatic rings. The van der Waals surface area contributed by atoms with Crippen LogP contribution in [0.5, 0.6) is 0 Å². The van der Waals surface area contributed by atoms with Gasteiger partial charge in [-0.25, -0.2) is 0 Å². The zero-order valence-electron chi connectivity index (χ0n) is 10.6. The van der Waals surface area contributed by atoms with Crippen molar-refractivity contribution in [2.24, 2.45) is 0 Å². The van der Waals surface area contributed by atoms with Crippen molar-refractivity contribution in [2.45, 2.75) is 25.7 Å². The highest BCUT2D eigenvalue weighted by atomic mass is 33.1. The summed E-state index contributed by atoms with van der Waals surface area (Å²) in [6.45, 7) is 1.13. The molecule has 0 atom stereocenters. The van der Waals surface area contributed by atoms with Crippen LogP contribution < -0.4 is 0 Å². The molecule has 1 N–H and O–H groups in total. The molecule has 0 aliphatic heterocycles. The first kappa shape index (κ1) is 17.6. The highest BCUT2D eigenvalue weighted by Crippen LogP contribution is 2.22. The minimum Gasteiger partial charge on any atom is -0.481 e. The number of methoxy groups -OCH3 is 1. The lowest BCUT2D eigenvalue weighted by Gasteiger charge is -2.04. The second kappa shape index (κ2) is 13.0. The lowest BCUT2D eigenvalue weighted by molar-refractivity contribution is -0.143. The fourth-order valence-electron chi connectivity index (χ4n) is 0.978. The Balaban J connectivity index is 3.19. The van der Waals surface area contributed by atoms with Gasteiger partial charge in [0, 0.05) is 25.2 Å². The Morgan fingerprint density at radius 2 is 1.67 bits per heavy atom. The number of rotatable bonds is 12. The number of esters is 1. The number of ether oxygens (including phenoxy) is 2. The quantitative estimate of drug-likeness (QED) is 0.336. The van der Waals surface area contributed by atoms with Crippen LogP contribution >= 0.6 is 21.6 Å². The van der Waals surface area contributed by atoms with E-state index in [1.165, 1.54) is 21.6 Å². The van der Waals surface area contributed by atoms with Crippen molar-refractivity contribution >= 4 is 33.5 Å². The van der Waals surface area contributed by atoms with Gasteiger partial charge in [-0.2, -0.15) is 0 Å². The smallest absolute Gasteiger partial charge is 0.306 e. The third-order valence-corrected chi connectivity index (χ3v) is 4.29. The van der Waals surface area contributed by atoms with Gasteiger partial charge in [0.25, 0.3) is 0 Å². The van der Waals surface area contributed by atoms with Crippen LogP contribution in [-0.2, 0) is 19.1 Å². The van der Waals surface area contributed by atoms with Crippen molar-refractivity contribution in [3.05, 3.63) is 0 Å². The Kier molecular flexibility index (Phi) is 12.8. The fourth-order valence-corrected chi connectivity index (χ4v) is 2.93. The minimum atomic E-state index is -0.793. The molecule has 0 unspecified atom stereocenters. The van der Waals surface area contributed by atoms with Crippen molar-refractivity contribution in [3.63, 3.8) is 0 Å². The van der Waals surface area contributed by atoms with E-state index in [2.05, 4.69) is 0 Å². The van der Waals surface area contributed by atoms with Crippen LogP contribution in [0.3, 0.4) is 0 Å². The molecule has 0 saturated carbocycles. The maximum Gasteiger partial charge on any atom is 0.306 e. The number of aliphatic carboxylic acids is 1. The van der Waals surface area contributed by atoms with Crippen LogP contribution in [0.1, 0.15) is 25.7 Å². The molecule has 0 aromatic carbocycles. The molecule has 0 bridgehead atoms. The average Bonchev–Trinajstić information content (AvgIpc) is 2.33. The minimum absolute atomic E-state index is 0.154. The maximum atomic E-state index is 11.2. The van der Waals surface area contributed by atoms with Crippen molar-refractivity contribution in [3.8, 4) is 0 Å². The summed E-state index contributed by atoms with van der Waals surface area (Å²) >= 11 is 0. The first-order chi connectivity index (χ1) is 8.66. The molecule has 18 heavy (non-hydrogen) atoms. The van der Waals surface area contributed by atoms with Crippen molar-refractivity contribution < 1.29 is 24.2 Å².